The smallest absolute Gasteiger partial charge is 0.227 e. The summed E-state index contributed by atoms with van der Waals surface area (Å²) in [5, 5.41) is 2.80. The number of anilines is 1. The van der Waals surface area contributed by atoms with E-state index in [0.717, 1.165) is 25.0 Å². The molecular formula is C20H26F2N2O3. The van der Waals surface area contributed by atoms with Crippen molar-refractivity contribution in [2.45, 2.75) is 51.0 Å². The van der Waals surface area contributed by atoms with Gasteiger partial charge in [0.25, 0.3) is 0 Å². The minimum absolute atomic E-state index is 0.00777. The second-order valence-electron chi connectivity index (χ2n) is 7.28. The van der Waals surface area contributed by atoms with Crippen molar-refractivity contribution in [1.82, 2.24) is 5.32 Å². The van der Waals surface area contributed by atoms with E-state index in [4.69, 9.17) is 4.74 Å². The molecule has 1 aromatic carbocycles. The molecule has 1 aliphatic carbocycles. The molecule has 1 saturated heterocycles. The molecule has 2 fully saturated rings. The van der Waals surface area contributed by atoms with Crippen LogP contribution in [0.25, 0.3) is 0 Å². The minimum atomic E-state index is -0.804. The van der Waals surface area contributed by atoms with Crippen molar-refractivity contribution in [3.05, 3.63) is 29.8 Å². The van der Waals surface area contributed by atoms with E-state index in [1.165, 1.54) is 36.6 Å². The summed E-state index contributed by atoms with van der Waals surface area (Å²) < 4.78 is 32.8. The average molecular weight is 380 g/mol. The van der Waals surface area contributed by atoms with Gasteiger partial charge >= 0.3 is 0 Å². The van der Waals surface area contributed by atoms with Crippen LogP contribution in [0.15, 0.2) is 18.2 Å². The van der Waals surface area contributed by atoms with Gasteiger partial charge in [0.15, 0.2) is 0 Å². The monoisotopic (exact) mass is 380 g/mol. The molecule has 0 radical (unpaired) electrons. The van der Waals surface area contributed by atoms with Crippen molar-refractivity contribution in [1.29, 1.82) is 0 Å². The van der Waals surface area contributed by atoms with Gasteiger partial charge in [0.05, 0.1) is 24.3 Å². The zero-order chi connectivity index (χ0) is 19.2. The Morgan fingerprint density at radius 3 is 2.63 bits per heavy atom. The lowest BCUT2D eigenvalue weighted by Crippen LogP contribution is -2.35. The van der Waals surface area contributed by atoms with Gasteiger partial charge in [-0.1, -0.05) is 25.7 Å². The fourth-order valence-corrected chi connectivity index (χ4v) is 3.77. The number of ether oxygens (including phenoxy) is 1. The molecule has 5 nitrogen and oxygen atoms in total. The van der Waals surface area contributed by atoms with Gasteiger partial charge in [-0.05, 0) is 25.0 Å². The number of rotatable bonds is 6. The maximum atomic E-state index is 13.9. The Hall–Kier alpha value is -2.02. The van der Waals surface area contributed by atoms with E-state index >= 15 is 0 Å². The summed E-state index contributed by atoms with van der Waals surface area (Å²) in [5.74, 6) is -2.62. The lowest BCUT2D eigenvalue weighted by atomic mass is 10.1. The molecule has 27 heavy (non-hydrogen) atoms. The largest absolute Gasteiger partial charge is 0.376 e. The molecule has 2 amide bonds. The van der Waals surface area contributed by atoms with Gasteiger partial charge in [0, 0.05) is 25.6 Å². The van der Waals surface area contributed by atoms with Crippen LogP contribution in [0.4, 0.5) is 14.5 Å². The molecule has 1 heterocycles. The quantitative estimate of drug-likeness (QED) is 0.609. The molecule has 1 unspecified atom stereocenters. The zero-order valence-corrected chi connectivity index (χ0v) is 15.4. The normalized spacial score (nSPS) is 21.3. The van der Waals surface area contributed by atoms with Crippen LogP contribution in [0.2, 0.25) is 0 Å². The van der Waals surface area contributed by atoms with Crippen molar-refractivity contribution in [3.63, 3.8) is 0 Å². The first-order chi connectivity index (χ1) is 13.0. The highest BCUT2D eigenvalue weighted by Crippen LogP contribution is 2.28. The summed E-state index contributed by atoms with van der Waals surface area (Å²) >= 11 is 0. The molecule has 1 N–H and O–H groups in total. The van der Waals surface area contributed by atoms with Crippen molar-refractivity contribution in [2.24, 2.45) is 5.92 Å². The maximum Gasteiger partial charge on any atom is 0.227 e. The number of nitrogens with one attached hydrogen (secondary N) is 1. The van der Waals surface area contributed by atoms with E-state index in [9.17, 15) is 18.4 Å². The molecule has 2 aliphatic rings. The Morgan fingerprint density at radius 2 is 1.93 bits per heavy atom. The zero-order valence-electron chi connectivity index (χ0n) is 15.4. The molecule has 0 spiro atoms. The molecule has 1 saturated carbocycles. The maximum absolute atomic E-state index is 13.9. The number of carbonyl (C=O) groups is 2. The van der Waals surface area contributed by atoms with Crippen LogP contribution in [-0.4, -0.2) is 37.6 Å². The molecule has 3 rings (SSSR count). The summed E-state index contributed by atoms with van der Waals surface area (Å²) in [7, 11) is 0. The Kier molecular flexibility index (Phi) is 6.77. The third-order valence-corrected chi connectivity index (χ3v) is 5.25. The van der Waals surface area contributed by atoms with E-state index in [1.54, 1.807) is 0 Å². The minimum Gasteiger partial charge on any atom is -0.376 e. The van der Waals surface area contributed by atoms with Gasteiger partial charge in [-0.15, -0.1) is 0 Å². The highest BCUT2D eigenvalue weighted by atomic mass is 19.1. The van der Waals surface area contributed by atoms with Gasteiger partial charge in [-0.3, -0.25) is 9.59 Å². The Bertz CT molecular complexity index is 675. The first kappa shape index (κ1) is 19.7. The Morgan fingerprint density at radius 1 is 1.19 bits per heavy atom. The molecule has 1 atom stereocenters. The van der Waals surface area contributed by atoms with E-state index in [0.29, 0.717) is 13.2 Å². The van der Waals surface area contributed by atoms with Gasteiger partial charge in [-0.2, -0.15) is 0 Å². The first-order valence-electron chi connectivity index (χ1n) is 9.69. The van der Waals surface area contributed by atoms with Crippen LogP contribution >= 0.6 is 0 Å². The number of nitrogens with zero attached hydrogens (tertiary/aromatic N) is 1. The number of benzene rings is 1. The molecular weight excluding hydrogens is 354 g/mol. The van der Waals surface area contributed by atoms with Crippen LogP contribution in [0, 0.1) is 17.6 Å². The van der Waals surface area contributed by atoms with Crippen LogP contribution in [0.5, 0.6) is 0 Å². The van der Waals surface area contributed by atoms with Gasteiger partial charge in [-0.25, -0.2) is 8.78 Å². The fourth-order valence-electron chi connectivity index (χ4n) is 3.77. The van der Waals surface area contributed by atoms with Crippen LogP contribution < -0.4 is 10.2 Å². The SMILES string of the molecule is O=C(NCCOC1CCCCCC1)C1CC(=O)N(c2ccc(F)cc2F)C1. The van der Waals surface area contributed by atoms with Gasteiger partial charge in [0.1, 0.15) is 11.6 Å². The van der Waals surface area contributed by atoms with E-state index in [2.05, 4.69) is 5.32 Å². The van der Waals surface area contributed by atoms with Crippen LogP contribution in [-0.2, 0) is 14.3 Å². The van der Waals surface area contributed by atoms with Crippen molar-refractivity contribution in [2.75, 3.05) is 24.6 Å². The Labute approximate surface area is 158 Å². The molecule has 0 bridgehead atoms. The third kappa shape index (κ3) is 5.25. The molecule has 1 aromatic rings. The molecule has 7 heteroatoms. The predicted octanol–water partition coefficient (Wildman–Crippen LogP) is 3.17. The van der Waals surface area contributed by atoms with Gasteiger partial charge < -0.3 is 15.0 Å². The van der Waals surface area contributed by atoms with E-state index < -0.39 is 17.6 Å². The summed E-state index contributed by atoms with van der Waals surface area (Å²) in [6, 6.07) is 3.06. The van der Waals surface area contributed by atoms with E-state index in [-0.39, 0.29) is 36.6 Å². The fraction of sp³-hybridized carbons (Fsp3) is 0.600. The van der Waals surface area contributed by atoms with Crippen LogP contribution in [0.3, 0.4) is 0 Å². The van der Waals surface area contributed by atoms with Gasteiger partial charge in [0.2, 0.25) is 11.8 Å². The van der Waals surface area contributed by atoms with Crippen molar-refractivity contribution in [3.8, 4) is 0 Å². The lowest BCUT2D eigenvalue weighted by molar-refractivity contribution is -0.126. The number of hydrogen-bond acceptors (Lipinski definition) is 3. The highest BCUT2D eigenvalue weighted by Gasteiger charge is 2.36. The Balaban J connectivity index is 1.44. The third-order valence-electron chi connectivity index (χ3n) is 5.25. The average Bonchev–Trinajstić information content (AvgIpc) is 2.85. The number of halogens is 2. The van der Waals surface area contributed by atoms with Crippen molar-refractivity contribution < 1.29 is 23.1 Å². The number of carbonyl (C=O) groups excluding carboxylic acids is 2. The highest BCUT2D eigenvalue weighted by molar-refractivity contribution is 6.00. The number of hydrogen-bond donors (Lipinski definition) is 1. The molecule has 1 aliphatic heterocycles. The number of amides is 2. The van der Waals surface area contributed by atoms with Crippen molar-refractivity contribution >= 4 is 17.5 Å². The second-order valence-corrected chi connectivity index (χ2v) is 7.28. The van der Waals surface area contributed by atoms with E-state index in [1.807, 2.05) is 0 Å². The summed E-state index contributed by atoms with van der Waals surface area (Å²) in [6.45, 7) is 0.939. The first-order valence-corrected chi connectivity index (χ1v) is 9.69. The summed E-state index contributed by atoms with van der Waals surface area (Å²) in [5.41, 5.74) is 0.00777. The second kappa shape index (κ2) is 9.26. The summed E-state index contributed by atoms with van der Waals surface area (Å²) in [6.07, 6.45) is 7.34. The summed E-state index contributed by atoms with van der Waals surface area (Å²) in [4.78, 5) is 25.7. The standard InChI is InChI=1S/C20H26F2N2O3/c21-15-7-8-18(17(22)12-15)24-13-14(11-19(24)25)20(26)23-9-10-27-16-5-3-1-2-4-6-16/h7-8,12,14,16H,1-6,9-11,13H2,(H,23,26). The molecule has 0 aromatic heterocycles. The van der Waals surface area contributed by atoms with Crippen LogP contribution in [0.1, 0.15) is 44.9 Å². The lowest BCUT2D eigenvalue weighted by Gasteiger charge is -2.18. The predicted molar refractivity (Wildman–Crippen MR) is 97.3 cm³/mol. The topological polar surface area (TPSA) is 58.6 Å². The molecule has 148 valence electrons.